The molecule has 68 valence electrons. The zero-order valence-corrected chi connectivity index (χ0v) is 6.97. The van der Waals surface area contributed by atoms with Gasteiger partial charge in [-0.25, -0.2) is 0 Å². The van der Waals surface area contributed by atoms with Crippen LogP contribution < -0.4 is 5.43 Å². The molecule has 0 spiro atoms. The monoisotopic (exact) mass is 178 g/mol. The molecule has 0 amide bonds. The van der Waals surface area contributed by atoms with Crippen LogP contribution in [0.3, 0.4) is 0 Å². The highest BCUT2D eigenvalue weighted by atomic mass is 16.4. The molecule has 0 aromatic rings. The summed E-state index contributed by atoms with van der Waals surface area (Å²) < 4.78 is 0. The maximum Gasteiger partial charge on any atom is 0.307 e. The van der Waals surface area contributed by atoms with Crippen molar-refractivity contribution in [2.24, 2.45) is 11.0 Å². The molecule has 1 heterocycles. The Labute approximate surface area is 75.6 Å². The number of carboxylic acid groups (broad SMARTS) is 1. The second-order valence-corrected chi connectivity index (χ2v) is 3.16. The number of hydrogen-bond donors (Lipinski definition) is 2. The van der Waals surface area contributed by atoms with E-state index in [2.05, 4.69) is 10.5 Å². The van der Waals surface area contributed by atoms with Crippen LogP contribution in [0.5, 0.6) is 0 Å². The van der Waals surface area contributed by atoms with E-state index < -0.39 is 5.97 Å². The molecule has 2 atom stereocenters. The molecule has 0 bridgehead atoms. The number of fused-ring (bicyclic) bond motifs is 1. The van der Waals surface area contributed by atoms with Gasteiger partial charge in [-0.05, 0) is 5.57 Å². The van der Waals surface area contributed by atoms with Crippen molar-refractivity contribution in [3.05, 3.63) is 23.8 Å². The maximum atomic E-state index is 10.5. The fraction of sp³-hybridized carbons (Fsp3) is 0.333. The molecule has 13 heavy (non-hydrogen) atoms. The van der Waals surface area contributed by atoms with E-state index in [1.807, 2.05) is 18.2 Å². The Balaban J connectivity index is 2.17. The predicted octanol–water partition coefficient (Wildman–Crippen LogP) is 0.531. The van der Waals surface area contributed by atoms with Gasteiger partial charge in [-0.1, -0.05) is 18.2 Å². The normalized spacial score (nSPS) is 29.4. The molecular weight excluding hydrogens is 168 g/mol. The molecular formula is C9H10N2O2. The summed E-state index contributed by atoms with van der Waals surface area (Å²) in [5.41, 5.74) is 3.82. The number of allylic oxidation sites excluding steroid dienone is 2. The van der Waals surface area contributed by atoms with Gasteiger partial charge in [-0.3, -0.25) is 4.79 Å². The summed E-state index contributed by atoms with van der Waals surface area (Å²) in [7, 11) is 0. The Morgan fingerprint density at radius 3 is 3.31 bits per heavy atom. The van der Waals surface area contributed by atoms with Crippen molar-refractivity contribution in [3.8, 4) is 0 Å². The molecule has 0 aromatic heterocycles. The molecule has 2 rings (SSSR count). The van der Waals surface area contributed by atoms with E-state index in [4.69, 9.17) is 5.11 Å². The number of hydrazone groups is 1. The van der Waals surface area contributed by atoms with Crippen molar-refractivity contribution in [1.29, 1.82) is 0 Å². The average Bonchev–Trinajstić information content (AvgIpc) is 2.51. The maximum absolute atomic E-state index is 10.5. The number of rotatable bonds is 2. The summed E-state index contributed by atoms with van der Waals surface area (Å²) >= 11 is 0. The first-order valence-electron chi connectivity index (χ1n) is 4.15. The number of nitrogens with one attached hydrogen (secondary N) is 1. The zero-order valence-electron chi connectivity index (χ0n) is 6.97. The molecule has 1 aliphatic carbocycles. The number of aliphatic carboxylic acids is 1. The molecule has 0 fully saturated rings. The van der Waals surface area contributed by atoms with Crippen molar-refractivity contribution in [2.45, 2.75) is 12.5 Å². The highest BCUT2D eigenvalue weighted by Crippen LogP contribution is 2.24. The molecule has 0 saturated heterocycles. The number of carbonyl (C=O) groups is 1. The van der Waals surface area contributed by atoms with Crippen molar-refractivity contribution < 1.29 is 9.90 Å². The summed E-state index contributed by atoms with van der Waals surface area (Å²) in [5, 5.41) is 12.6. The molecule has 2 N–H and O–H groups in total. The average molecular weight is 178 g/mol. The van der Waals surface area contributed by atoms with Crippen LogP contribution >= 0.6 is 0 Å². The van der Waals surface area contributed by atoms with Crippen LogP contribution in [0.2, 0.25) is 0 Å². The van der Waals surface area contributed by atoms with Gasteiger partial charge in [-0.2, -0.15) is 5.10 Å². The SMILES string of the molecule is O=C(O)CC1=CC=CC2NN=CC12. The smallest absolute Gasteiger partial charge is 0.307 e. The summed E-state index contributed by atoms with van der Waals surface area (Å²) in [6.07, 6.45) is 7.58. The van der Waals surface area contributed by atoms with E-state index in [0.29, 0.717) is 0 Å². The lowest BCUT2D eigenvalue weighted by molar-refractivity contribution is -0.136. The van der Waals surface area contributed by atoms with E-state index in [9.17, 15) is 4.79 Å². The van der Waals surface area contributed by atoms with Crippen LogP contribution in [-0.4, -0.2) is 23.3 Å². The Morgan fingerprint density at radius 1 is 1.69 bits per heavy atom. The standard InChI is InChI=1S/C9H10N2O2/c12-9(13)4-6-2-1-3-8-7(6)5-10-11-8/h1-3,5,7-8,11H,4H2,(H,12,13). The van der Waals surface area contributed by atoms with Crippen molar-refractivity contribution in [2.75, 3.05) is 0 Å². The molecule has 2 unspecified atom stereocenters. The minimum absolute atomic E-state index is 0.0964. The Hall–Kier alpha value is -1.58. The number of hydrogen-bond acceptors (Lipinski definition) is 3. The highest BCUT2D eigenvalue weighted by molar-refractivity contribution is 5.76. The third kappa shape index (κ3) is 1.47. The van der Waals surface area contributed by atoms with Gasteiger partial charge in [0.2, 0.25) is 0 Å². The van der Waals surface area contributed by atoms with Gasteiger partial charge in [0.1, 0.15) is 0 Å². The second kappa shape index (κ2) is 3.05. The molecule has 0 saturated carbocycles. The van der Waals surface area contributed by atoms with Gasteiger partial charge < -0.3 is 10.5 Å². The lowest BCUT2D eigenvalue weighted by atomic mass is 9.87. The lowest BCUT2D eigenvalue weighted by Gasteiger charge is -2.19. The summed E-state index contributed by atoms with van der Waals surface area (Å²) in [6, 6.07) is 0.152. The van der Waals surface area contributed by atoms with E-state index in [0.717, 1.165) is 5.57 Å². The molecule has 0 radical (unpaired) electrons. The second-order valence-electron chi connectivity index (χ2n) is 3.16. The molecule has 2 aliphatic rings. The summed E-state index contributed by atoms with van der Waals surface area (Å²) in [4.78, 5) is 10.5. The molecule has 4 heteroatoms. The minimum atomic E-state index is -0.791. The van der Waals surface area contributed by atoms with Gasteiger partial charge in [-0.15, -0.1) is 0 Å². The quantitative estimate of drug-likeness (QED) is 0.648. The van der Waals surface area contributed by atoms with Crippen LogP contribution in [0.4, 0.5) is 0 Å². The number of carboxylic acids is 1. The van der Waals surface area contributed by atoms with Crippen molar-refractivity contribution >= 4 is 12.2 Å². The number of nitrogens with zero attached hydrogens (tertiary/aromatic N) is 1. The van der Waals surface area contributed by atoms with Gasteiger partial charge >= 0.3 is 5.97 Å². The molecule has 1 aliphatic heterocycles. The van der Waals surface area contributed by atoms with E-state index in [1.165, 1.54) is 0 Å². The molecule has 4 nitrogen and oxygen atoms in total. The van der Waals surface area contributed by atoms with Crippen LogP contribution in [0.1, 0.15) is 6.42 Å². The van der Waals surface area contributed by atoms with Gasteiger partial charge in [0.25, 0.3) is 0 Å². The van der Waals surface area contributed by atoms with Gasteiger partial charge in [0.15, 0.2) is 0 Å². The van der Waals surface area contributed by atoms with Crippen LogP contribution in [-0.2, 0) is 4.79 Å². The zero-order chi connectivity index (χ0) is 9.26. The fourth-order valence-electron chi connectivity index (χ4n) is 1.63. The Morgan fingerprint density at radius 2 is 2.54 bits per heavy atom. The third-order valence-corrected chi connectivity index (χ3v) is 2.26. The van der Waals surface area contributed by atoms with Crippen LogP contribution in [0, 0.1) is 5.92 Å². The summed E-state index contributed by atoms with van der Waals surface area (Å²) in [5.74, 6) is -0.665. The van der Waals surface area contributed by atoms with Crippen LogP contribution in [0.25, 0.3) is 0 Å². The molecule has 0 aromatic carbocycles. The summed E-state index contributed by atoms with van der Waals surface area (Å²) in [6.45, 7) is 0. The van der Waals surface area contributed by atoms with E-state index in [-0.39, 0.29) is 18.4 Å². The first-order chi connectivity index (χ1) is 6.27. The van der Waals surface area contributed by atoms with E-state index in [1.54, 1.807) is 6.21 Å². The highest BCUT2D eigenvalue weighted by Gasteiger charge is 2.27. The van der Waals surface area contributed by atoms with Gasteiger partial charge in [0.05, 0.1) is 12.5 Å². The van der Waals surface area contributed by atoms with Gasteiger partial charge in [0, 0.05) is 12.1 Å². The van der Waals surface area contributed by atoms with Crippen LogP contribution in [0.15, 0.2) is 28.9 Å². The van der Waals surface area contributed by atoms with Crippen molar-refractivity contribution in [1.82, 2.24) is 5.43 Å². The topological polar surface area (TPSA) is 61.7 Å². The third-order valence-electron chi connectivity index (χ3n) is 2.26. The largest absolute Gasteiger partial charge is 0.481 e. The lowest BCUT2D eigenvalue weighted by Crippen LogP contribution is -2.28. The Kier molecular flexibility index (Phi) is 1.88. The minimum Gasteiger partial charge on any atom is -0.481 e. The predicted molar refractivity (Wildman–Crippen MR) is 48.4 cm³/mol. The fourth-order valence-corrected chi connectivity index (χ4v) is 1.63. The first-order valence-corrected chi connectivity index (χ1v) is 4.15. The first kappa shape index (κ1) is 8.04. The Bertz CT molecular complexity index is 318. The van der Waals surface area contributed by atoms with E-state index >= 15 is 0 Å². The van der Waals surface area contributed by atoms with Crippen molar-refractivity contribution in [3.63, 3.8) is 0 Å².